The first-order valence-corrected chi connectivity index (χ1v) is 10.9. The maximum atomic E-state index is 12.8. The van der Waals surface area contributed by atoms with E-state index in [1.807, 2.05) is 19.9 Å². The molecule has 0 aliphatic heterocycles. The summed E-state index contributed by atoms with van der Waals surface area (Å²) in [7, 11) is 0.972. The first-order valence-electron chi connectivity index (χ1n) is 9.51. The van der Waals surface area contributed by atoms with Gasteiger partial charge in [-0.1, -0.05) is 19.9 Å². The highest BCUT2D eigenvalue weighted by atomic mass is 32.2. The van der Waals surface area contributed by atoms with Crippen LogP contribution in [0.25, 0.3) is 0 Å². The molecule has 1 atom stereocenters. The summed E-state index contributed by atoms with van der Waals surface area (Å²) in [5.74, 6) is 0.788. The molecule has 7 heteroatoms. The molecule has 0 saturated heterocycles. The molecule has 29 heavy (non-hydrogen) atoms. The van der Waals surface area contributed by atoms with Crippen LogP contribution < -0.4 is 10.1 Å². The lowest BCUT2D eigenvalue weighted by atomic mass is 9.93. The van der Waals surface area contributed by atoms with Gasteiger partial charge in [-0.2, -0.15) is 0 Å². The lowest BCUT2D eigenvalue weighted by Gasteiger charge is -2.21. The number of aryl methyl sites for hydroxylation is 1. The predicted molar refractivity (Wildman–Crippen MR) is 115 cm³/mol. The number of nitrogens with one attached hydrogen (secondary N) is 1. The predicted octanol–water partition coefficient (Wildman–Crippen LogP) is 3.87. The summed E-state index contributed by atoms with van der Waals surface area (Å²) in [5.41, 5.74) is 3.39. The Balaban J connectivity index is 2.32. The molecule has 1 amide bonds. The second-order valence-corrected chi connectivity index (χ2v) is 9.77. The average molecular weight is 419 g/mol. The molecule has 2 rings (SSSR count). The van der Waals surface area contributed by atoms with Gasteiger partial charge in [0.2, 0.25) is 10.0 Å². The number of nitrogens with zero attached hydrogens (tertiary/aromatic N) is 1. The van der Waals surface area contributed by atoms with Crippen LogP contribution in [0.4, 0.5) is 0 Å². The third-order valence-electron chi connectivity index (χ3n) is 4.93. The van der Waals surface area contributed by atoms with Crippen LogP contribution in [0.5, 0.6) is 5.75 Å². The van der Waals surface area contributed by atoms with E-state index in [4.69, 9.17) is 4.74 Å². The molecule has 0 saturated carbocycles. The number of carbonyl (C=O) groups excluding carboxylic acids is 1. The minimum Gasteiger partial charge on any atom is -0.496 e. The fraction of sp³-hybridized carbons (Fsp3) is 0.409. The maximum absolute atomic E-state index is 12.8. The van der Waals surface area contributed by atoms with Crippen molar-refractivity contribution in [2.45, 2.75) is 44.6 Å². The van der Waals surface area contributed by atoms with Crippen molar-refractivity contribution in [2.24, 2.45) is 0 Å². The van der Waals surface area contributed by atoms with Crippen LogP contribution in [0.3, 0.4) is 0 Å². The van der Waals surface area contributed by atoms with Gasteiger partial charge in [-0.25, -0.2) is 12.7 Å². The highest BCUT2D eigenvalue weighted by molar-refractivity contribution is 7.89. The van der Waals surface area contributed by atoms with Crippen molar-refractivity contribution in [3.05, 3.63) is 58.7 Å². The fourth-order valence-electron chi connectivity index (χ4n) is 3.18. The van der Waals surface area contributed by atoms with Crippen molar-refractivity contribution in [1.82, 2.24) is 9.62 Å². The zero-order valence-corrected chi connectivity index (χ0v) is 18.9. The van der Waals surface area contributed by atoms with Crippen molar-refractivity contribution < 1.29 is 17.9 Å². The van der Waals surface area contributed by atoms with Gasteiger partial charge in [0.15, 0.2) is 0 Å². The van der Waals surface area contributed by atoms with E-state index < -0.39 is 10.0 Å². The van der Waals surface area contributed by atoms with Crippen molar-refractivity contribution in [3.8, 4) is 5.75 Å². The van der Waals surface area contributed by atoms with E-state index in [2.05, 4.69) is 25.2 Å². The largest absolute Gasteiger partial charge is 0.496 e. The second kappa shape index (κ2) is 8.97. The molecule has 0 aromatic heterocycles. The van der Waals surface area contributed by atoms with Crippen molar-refractivity contribution in [3.63, 3.8) is 0 Å². The molecular weight excluding hydrogens is 388 g/mol. The number of rotatable bonds is 7. The van der Waals surface area contributed by atoms with E-state index in [-0.39, 0.29) is 22.8 Å². The van der Waals surface area contributed by atoms with Crippen LogP contribution in [0.15, 0.2) is 41.3 Å². The zero-order valence-electron chi connectivity index (χ0n) is 18.1. The van der Waals surface area contributed by atoms with Gasteiger partial charge in [0, 0.05) is 19.7 Å². The molecule has 0 aliphatic carbocycles. The van der Waals surface area contributed by atoms with Crippen LogP contribution >= 0.6 is 0 Å². The first kappa shape index (κ1) is 22.9. The summed E-state index contributed by atoms with van der Waals surface area (Å²) >= 11 is 0. The van der Waals surface area contributed by atoms with Crippen LogP contribution in [0.1, 0.15) is 59.8 Å². The third kappa shape index (κ3) is 4.97. The van der Waals surface area contributed by atoms with Gasteiger partial charge in [0.1, 0.15) is 5.75 Å². The van der Waals surface area contributed by atoms with Gasteiger partial charge in [-0.05, 0) is 66.8 Å². The summed E-state index contributed by atoms with van der Waals surface area (Å²) in [6, 6.07) is 9.87. The van der Waals surface area contributed by atoms with E-state index in [0.717, 1.165) is 26.7 Å². The minimum absolute atomic E-state index is 0.0884. The minimum atomic E-state index is -3.60. The van der Waals surface area contributed by atoms with Gasteiger partial charge in [0.25, 0.3) is 5.91 Å². The van der Waals surface area contributed by atoms with Crippen molar-refractivity contribution in [2.75, 3.05) is 21.2 Å². The quantitative estimate of drug-likeness (QED) is 0.741. The van der Waals surface area contributed by atoms with E-state index in [9.17, 15) is 13.2 Å². The van der Waals surface area contributed by atoms with Gasteiger partial charge < -0.3 is 10.1 Å². The molecule has 0 fully saturated rings. The van der Waals surface area contributed by atoms with Gasteiger partial charge in [0.05, 0.1) is 18.0 Å². The SMILES string of the molecule is COc1cc(C)c([C@H](C)NC(=O)c2cccc(S(=O)(=O)N(C)C)c2)cc1C(C)C. The second-order valence-electron chi connectivity index (χ2n) is 7.62. The zero-order chi connectivity index (χ0) is 21.9. The highest BCUT2D eigenvalue weighted by Gasteiger charge is 2.21. The number of sulfonamides is 1. The van der Waals surface area contributed by atoms with E-state index in [1.54, 1.807) is 19.2 Å². The van der Waals surface area contributed by atoms with Crippen LogP contribution in [-0.2, 0) is 10.0 Å². The summed E-state index contributed by atoms with van der Waals surface area (Å²) in [6.45, 7) is 8.08. The van der Waals surface area contributed by atoms with Gasteiger partial charge in [-0.3, -0.25) is 4.79 Å². The number of ether oxygens (including phenoxy) is 1. The summed E-state index contributed by atoms with van der Waals surface area (Å²) in [6.07, 6.45) is 0. The topological polar surface area (TPSA) is 75.7 Å². The average Bonchev–Trinajstić information content (AvgIpc) is 2.67. The molecular formula is C22H30N2O4S. The van der Waals surface area contributed by atoms with Crippen LogP contribution in [0, 0.1) is 6.92 Å². The molecule has 6 nitrogen and oxygen atoms in total. The Morgan fingerprint density at radius 2 is 1.72 bits per heavy atom. The molecule has 2 aromatic carbocycles. The number of hydrogen-bond donors (Lipinski definition) is 1. The normalized spacial score (nSPS) is 12.9. The molecule has 2 aromatic rings. The highest BCUT2D eigenvalue weighted by Crippen LogP contribution is 2.32. The number of benzene rings is 2. The summed E-state index contributed by atoms with van der Waals surface area (Å²) < 4.78 is 31.3. The lowest BCUT2D eigenvalue weighted by molar-refractivity contribution is 0.0939. The van der Waals surface area contributed by atoms with Crippen LogP contribution in [0.2, 0.25) is 0 Å². The molecule has 0 heterocycles. The Hall–Kier alpha value is -2.38. The Labute approximate surface area is 173 Å². The van der Waals surface area contributed by atoms with Gasteiger partial charge in [-0.15, -0.1) is 0 Å². The van der Waals surface area contributed by atoms with E-state index >= 15 is 0 Å². The smallest absolute Gasteiger partial charge is 0.251 e. The number of methoxy groups -OCH3 is 1. The van der Waals surface area contributed by atoms with Crippen LogP contribution in [-0.4, -0.2) is 39.8 Å². The maximum Gasteiger partial charge on any atom is 0.251 e. The summed E-state index contributed by atoms with van der Waals surface area (Å²) in [5, 5.41) is 2.98. The molecule has 0 spiro atoms. The Bertz CT molecular complexity index is 998. The molecule has 0 aliphatic rings. The lowest BCUT2D eigenvalue weighted by Crippen LogP contribution is -2.28. The fourth-order valence-corrected chi connectivity index (χ4v) is 4.12. The third-order valence-corrected chi connectivity index (χ3v) is 6.74. The number of hydrogen-bond acceptors (Lipinski definition) is 4. The standard InChI is InChI=1S/C22H30N2O4S/c1-14(2)19-13-20(15(3)11-21(19)28-7)16(4)23-22(25)17-9-8-10-18(12-17)29(26,27)24(5)6/h8-14,16H,1-7H3,(H,23,25)/t16-/m0/s1. The number of carbonyl (C=O) groups is 1. The Kier molecular flexibility index (Phi) is 7.08. The molecule has 1 N–H and O–H groups in total. The first-order chi connectivity index (χ1) is 13.5. The Morgan fingerprint density at radius 3 is 2.28 bits per heavy atom. The monoisotopic (exact) mass is 418 g/mol. The molecule has 0 radical (unpaired) electrons. The van der Waals surface area contributed by atoms with Crippen molar-refractivity contribution >= 4 is 15.9 Å². The van der Waals surface area contributed by atoms with Crippen molar-refractivity contribution in [1.29, 1.82) is 0 Å². The molecule has 0 unspecified atom stereocenters. The Morgan fingerprint density at radius 1 is 1.07 bits per heavy atom. The van der Waals surface area contributed by atoms with Gasteiger partial charge >= 0.3 is 0 Å². The van der Waals surface area contributed by atoms with E-state index in [1.165, 1.54) is 26.2 Å². The molecule has 158 valence electrons. The summed E-state index contributed by atoms with van der Waals surface area (Å²) in [4.78, 5) is 12.9. The van der Waals surface area contributed by atoms with E-state index in [0.29, 0.717) is 5.56 Å². The molecule has 0 bridgehead atoms. The number of amides is 1.